The maximum atomic E-state index is 6.17. The van der Waals surface area contributed by atoms with Gasteiger partial charge in [-0.05, 0) is 94.4 Å². The van der Waals surface area contributed by atoms with Crippen LogP contribution in [0.2, 0.25) is 0 Å². The quantitative estimate of drug-likeness (QED) is 0.484. The smallest absolute Gasteiger partial charge is 0.493 e. The average molecular weight is 450 g/mol. The molecule has 5 nitrogen and oxygen atoms in total. The second kappa shape index (κ2) is 8.88. The van der Waals surface area contributed by atoms with E-state index >= 15 is 0 Å². The Kier molecular flexibility index (Phi) is 6.08. The van der Waals surface area contributed by atoms with Crippen LogP contribution in [0.5, 0.6) is 17.2 Å². The summed E-state index contributed by atoms with van der Waals surface area (Å²) in [7, 11) is -0.371. The van der Waals surface area contributed by atoms with Crippen LogP contribution in [-0.2, 0) is 9.31 Å². The zero-order valence-electron chi connectivity index (χ0n) is 20.2. The number of ether oxygens (including phenoxy) is 3. The highest BCUT2D eigenvalue weighted by molar-refractivity contribution is 6.62. The van der Waals surface area contributed by atoms with E-state index in [4.69, 9.17) is 23.5 Å². The predicted molar refractivity (Wildman–Crippen MR) is 129 cm³/mol. The molecular weight excluding hydrogens is 415 g/mol. The van der Waals surface area contributed by atoms with E-state index in [0.717, 1.165) is 41.7 Å². The molecule has 2 atom stereocenters. The molecule has 3 aliphatic rings. The fraction of sp³-hybridized carbons (Fsp3) is 0.556. The summed E-state index contributed by atoms with van der Waals surface area (Å²) in [6.45, 7) is 10.5. The van der Waals surface area contributed by atoms with Crippen LogP contribution in [-0.4, -0.2) is 38.1 Å². The van der Waals surface area contributed by atoms with Gasteiger partial charge in [0.1, 0.15) is 17.2 Å². The molecule has 3 fully saturated rings. The van der Waals surface area contributed by atoms with E-state index in [1.807, 2.05) is 48.5 Å². The molecule has 2 aromatic rings. The molecule has 176 valence electrons. The first kappa shape index (κ1) is 22.6. The summed E-state index contributed by atoms with van der Waals surface area (Å²) in [6, 6.07) is 16.1. The van der Waals surface area contributed by atoms with Gasteiger partial charge in [0.2, 0.25) is 0 Å². The van der Waals surface area contributed by atoms with Crippen LogP contribution in [0.4, 0.5) is 0 Å². The van der Waals surface area contributed by atoms with Gasteiger partial charge < -0.3 is 23.5 Å². The van der Waals surface area contributed by atoms with Crippen molar-refractivity contribution in [2.24, 2.45) is 17.8 Å². The first-order chi connectivity index (χ1) is 15.8. The van der Waals surface area contributed by atoms with E-state index < -0.39 is 0 Å². The Morgan fingerprint density at radius 2 is 1.27 bits per heavy atom. The molecule has 1 heterocycles. The zero-order valence-corrected chi connectivity index (χ0v) is 20.2. The van der Waals surface area contributed by atoms with Gasteiger partial charge in [-0.3, -0.25) is 0 Å². The summed E-state index contributed by atoms with van der Waals surface area (Å²) in [5, 5.41) is 0. The third-order valence-electron chi connectivity index (χ3n) is 7.37. The molecule has 0 bridgehead atoms. The lowest BCUT2D eigenvalue weighted by Crippen LogP contribution is -2.41. The van der Waals surface area contributed by atoms with Gasteiger partial charge in [0.05, 0.1) is 31.0 Å². The van der Waals surface area contributed by atoms with Crippen molar-refractivity contribution in [3.63, 3.8) is 0 Å². The van der Waals surface area contributed by atoms with Crippen molar-refractivity contribution in [3.8, 4) is 17.2 Å². The van der Waals surface area contributed by atoms with Gasteiger partial charge >= 0.3 is 7.12 Å². The maximum Gasteiger partial charge on any atom is 0.494 e. The average Bonchev–Trinajstić information content (AvgIpc) is 3.70. The second-order valence-electron chi connectivity index (χ2n) is 10.8. The maximum absolute atomic E-state index is 6.17. The van der Waals surface area contributed by atoms with Gasteiger partial charge in [-0.1, -0.05) is 18.2 Å². The van der Waals surface area contributed by atoms with E-state index in [0.29, 0.717) is 25.0 Å². The Bertz CT molecular complexity index is 954. The fourth-order valence-corrected chi connectivity index (χ4v) is 4.01. The molecule has 0 aromatic heterocycles. The number of benzene rings is 2. The van der Waals surface area contributed by atoms with E-state index in [1.165, 1.54) is 12.8 Å². The van der Waals surface area contributed by atoms with Crippen LogP contribution in [0, 0.1) is 17.8 Å². The Balaban J connectivity index is 1.07. The van der Waals surface area contributed by atoms with E-state index in [9.17, 15) is 0 Å². The van der Waals surface area contributed by atoms with Gasteiger partial charge in [-0.15, -0.1) is 0 Å². The van der Waals surface area contributed by atoms with Crippen LogP contribution in [0.15, 0.2) is 48.5 Å². The van der Waals surface area contributed by atoms with Crippen LogP contribution in [0.1, 0.15) is 47.0 Å². The largest absolute Gasteiger partial charge is 0.494 e. The summed E-state index contributed by atoms with van der Waals surface area (Å²) in [4.78, 5) is 0. The van der Waals surface area contributed by atoms with Crippen molar-refractivity contribution in [3.05, 3.63) is 48.5 Å². The molecule has 0 spiro atoms. The normalized spacial score (nSPS) is 25.0. The minimum atomic E-state index is -0.371. The molecule has 2 aromatic carbocycles. The van der Waals surface area contributed by atoms with Gasteiger partial charge in [-0.25, -0.2) is 0 Å². The second-order valence-corrected chi connectivity index (χ2v) is 10.8. The van der Waals surface area contributed by atoms with Crippen molar-refractivity contribution >= 4 is 12.6 Å². The first-order valence-electron chi connectivity index (χ1n) is 12.2. The Morgan fingerprint density at radius 1 is 0.758 bits per heavy atom. The zero-order chi connectivity index (χ0) is 23.1. The number of rotatable bonds is 10. The monoisotopic (exact) mass is 450 g/mol. The summed E-state index contributed by atoms with van der Waals surface area (Å²) in [5.74, 6) is 4.45. The summed E-state index contributed by atoms with van der Waals surface area (Å²) in [5.41, 5.74) is 0.294. The predicted octanol–water partition coefficient (Wildman–Crippen LogP) is 4.87. The third kappa shape index (κ3) is 5.49. The van der Waals surface area contributed by atoms with Crippen LogP contribution >= 0.6 is 0 Å². The lowest BCUT2D eigenvalue weighted by molar-refractivity contribution is 0.00578. The molecule has 33 heavy (non-hydrogen) atoms. The molecular formula is C27H35BO5. The highest BCUT2D eigenvalue weighted by Crippen LogP contribution is 2.40. The highest BCUT2D eigenvalue weighted by Gasteiger charge is 2.51. The summed E-state index contributed by atoms with van der Waals surface area (Å²) >= 11 is 0. The SMILES string of the molecule is CC1(C)OB(c2cccc(OCC3CC3COc3cccc(OCC4CC4)c3)c2)OC1(C)C. The molecule has 2 aliphatic carbocycles. The van der Waals surface area contributed by atoms with Gasteiger partial charge in [0, 0.05) is 6.07 Å². The van der Waals surface area contributed by atoms with E-state index in [2.05, 4.69) is 27.7 Å². The van der Waals surface area contributed by atoms with Crippen LogP contribution in [0.25, 0.3) is 0 Å². The van der Waals surface area contributed by atoms with Crippen molar-refractivity contribution in [2.75, 3.05) is 19.8 Å². The van der Waals surface area contributed by atoms with Crippen molar-refractivity contribution < 1.29 is 23.5 Å². The molecule has 2 saturated carbocycles. The van der Waals surface area contributed by atoms with Crippen LogP contribution in [0.3, 0.4) is 0 Å². The first-order valence-corrected chi connectivity index (χ1v) is 12.2. The van der Waals surface area contributed by atoms with Crippen molar-refractivity contribution in [1.29, 1.82) is 0 Å². The molecule has 2 unspecified atom stereocenters. The minimum absolute atomic E-state index is 0.349. The van der Waals surface area contributed by atoms with Gasteiger partial charge in [-0.2, -0.15) is 0 Å². The third-order valence-corrected chi connectivity index (χ3v) is 7.37. The Hall–Kier alpha value is -2.18. The number of hydrogen-bond donors (Lipinski definition) is 0. The molecule has 0 radical (unpaired) electrons. The Morgan fingerprint density at radius 3 is 1.85 bits per heavy atom. The number of hydrogen-bond acceptors (Lipinski definition) is 5. The lowest BCUT2D eigenvalue weighted by atomic mass is 9.79. The molecule has 0 amide bonds. The van der Waals surface area contributed by atoms with Crippen molar-refractivity contribution in [1.82, 2.24) is 0 Å². The minimum Gasteiger partial charge on any atom is -0.493 e. The molecule has 1 aliphatic heterocycles. The van der Waals surface area contributed by atoms with Gasteiger partial charge in [0.25, 0.3) is 0 Å². The highest BCUT2D eigenvalue weighted by atomic mass is 16.7. The summed E-state index contributed by atoms with van der Waals surface area (Å²) in [6.07, 6.45) is 3.73. The topological polar surface area (TPSA) is 46.2 Å². The molecule has 6 heteroatoms. The summed E-state index contributed by atoms with van der Waals surface area (Å²) < 4.78 is 30.3. The van der Waals surface area contributed by atoms with E-state index in [-0.39, 0.29) is 18.3 Å². The fourth-order valence-electron chi connectivity index (χ4n) is 4.01. The van der Waals surface area contributed by atoms with Gasteiger partial charge in [0.15, 0.2) is 0 Å². The molecule has 0 N–H and O–H groups in total. The van der Waals surface area contributed by atoms with Crippen LogP contribution < -0.4 is 19.7 Å². The molecule has 1 saturated heterocycles. The molecule has 5 rings (SSSR count). The lowest BCUT2D eigenvalue weighted by Gasteiger charge is -2.32. The Labute approximate surface area is 197 Å². The van der Waals surface area contributed by atoms with E-state index in [1.54, 1.807) is 0 Å². The standard InChI is InChI=1S/C27H35BO5/c1-26(2)27(3,4)33-28(32-26)22-7-5-8-23(14-22)30-17-20-13-21(20)18-31-25-10-6-9-24(15-25)29-16-19-11-12-19/h5-10,14-15,19-21H,11-13,16-18H2,1-4H3. The van der Waals surface area contributed by atoms with Crippen molar-refractivity contribution in [2.45, 2.75) is 58.2 Å².